The van der Waals surface area contributed by atoms with Crippen LogP contribution in [0.4, 0.5) is 5.95 Å². The van der Waals surface area contributed by atoms with Crippen LogP contribution in [0.15, 0.2) is 41.5 Å². The lowest BCUT2D eigenvalue weighted by atomic mass is 9.96. The van der Waals surface area contributed by atoms with Gasteiger partial charge in [-0.25, -0.2) is 14.6 Å². The smallest absolute Gasteiger partial charge is 0.354 e. The second kappa shape index (κ2) is 8.72. The Labute approximate surface area is 172 Å². The molecule has 0 radical (unpaired) electrons. The van der Waals surface area contributed by atoms with Crippen LogP contribution in [0.2, 0.25) is 0 Å². The van der Waals surface area contributed by atoms with Crippen molar-refractivity contribution in [2.24, 2.45) is 5.41 Å². The fourth-order valence-electron chi connectivity index (χ4n) is 2.83. The number of nitrogens with zero attached hydrogens (tertiary/aromatic N) is 3. The number of esters is 1. The van der Waals surface area contributed by atoms with Gasteiger partial charge < -0.3 is 14.6 Å². The van der Waals surface area contributed by atoms with Crippen molar-refractivity contribution in [2.75, 3.05) is 11.9 Å². The maximum absolute atomic E-state index is 12.4. The van der Waals surface area contributed by atoms with Gasteiger partial charge in [-0.3, -0.25) is 14.7 Å². The molecule has 10 heteroatoms. The highest BCUT2D eigenvalue weighted by Gasteiger charge is 2.39. The van der Waals surface area contributed by atoms with Crippen LogP contribution < -0.4 is 11.0 Å². The summed E-state index contributed by atoms with van der Waals surface area (Å²) in [4.78, 5) is 44.5. The fraction of sp³-hybridized carbons (Fsp3) is 0.450. The molecule has 0 aliphatic carbocycles. The Hall–Kier alpha value is -3.11. The predicted octanol–water partition coefficient (Wildman–Crippen LogP) is 1.13. The minimum atomic E-state index is -0.824. The molecule has 3 atom stereocenters. The summed E-state index contributed by atoms with van der Waals surface area (Å²) in [5, 5.41) is 12.1. The summed E-state index contributed by atoms with van der Waals surface area (Å²) in [5.41, 5.74) is -0.986. The minimum Gasteiger partial charge on any atom is -0.456 e. The molecule has 1 amide bonds. The summed E-state index contributed by atoms with van der Waals surface area (Å²) in [7, 11) is 0. The molecule has 3 rings (SSSR count). The van der Waals surface area contributed by atoms with Gasteiger partial charge in [0, 0.05) is 11.8 Å². The van der Waals surface area contributed by atoms with Crippen LogP contribution >= 0.6 is 0 Å². The minimum absolute atomic E-state index is 0.111. The molecule has 1 aliphatic heterocycles. The van der Waals surface area contributed by atoms with Crippen LogP contribution in [0.1, 0.15) is 43.8 Å². The van der Waals surface area contributed by atoms with Gasteiger partial charge in [0.1, 0.15) is 24.8 Å². The topological polar surface area (TPSA) is 133 Å². The Morgan fingerprint density at radius 1 is 1.30 bits per heavy atom. The normalized spacial score (nSPS) is 21.3. The van der Waals surface area contributed by atoms with Crippen molar-refractivity contribution in [3.05, 3.63) is 52.7 Å². The molecule has 1 fully saturated rings. The summed E-state index contributed by atoms with van der Waals surface area (Å²) >= 11 is 0. The Morgan fingerprint density at radius 2 is 2.00 bits per heavy atom. The van der Waals surface area contributed by atoms with Crippen LogP contribution in [0, 0.1) is 5.41 Å². The Bertz CT molecular complexity index is 969. The van der Waals surface area contributed by atoms with E-state index in [2.05, 4.69) is 15.3 Å². The number of carbonyl (C=O) groups excluding carboxylic acids is 2. The van der Waals surface area contributed by atoms with Gasteiger partial charge >= 0.3 is 11.7 Å². The van der Waals surface area contributed by atoms with Gasteiger partial charge in [-0.05, 0) is 12.1 Å². The van der Waals surface area contributed by atoms with E-state index in [4.69, 9.17) is 9.47 Å². The van der Waals surface area contributed by atoms with Crippen molar-refractivity contribution in [1.82, 2.24) is 14.5 Å². The Morgan fingerprint density at radius 3 is 2.60 bits per heavy atom. The van der Waals surface area contributed by atoms with Crippen LogP contribution in [0.3, 0.4) is 0 Å². The highest BCUT2D eigenvalue weighted by molar-refractivity contribution is 5.92. The van der Waals surface area contributed by atoms with Crippen molar-refractivity contribution in [3.8, 4) is 0 Å². The van der Waals surface area contributed by atoms with E-state index in [1.807, 2.05) is 0 Å². The fourth-order valence-corrected chi connectivity index (χ4v) is 2.83. The molecule has 0 spiro atoms. The molecule has 1 aromatic heterocycles. The Balaban J connectivity index is 1.71. The molecule has 0 saturated carbocycles. The van der Waals surface area contributed by atoms with Gasteiger partial charge in [0.2, 0.25) is 11.9 Å². The highest BCUT2D eigenvalue weighted by Crippen LogP contribution is 2.30. The van der Waals surface area contributed by atoms with Crippen LogP contribution in [0.25, 0.3) is 0 Å². The number of hydrogen-bond acceptors (Lipinski definition) is 8. The molecular weight excluding hydrogens is 392 g/mol. The first-order valence-corrected chi connectivity index (χ1v) is 9.48. The van der Waals surface area contributed by atoms with Gasteiger partial charge in [-0.15, -0.1) is 0 Å². The summed E-state index contributed by atoms with van der Waals surface area (Å²) in [5.74, 6) is -0.989. The van der Waals surface area contributed by atoms with Gasteiger partial charge in [0.05, 0.1) is 12.2 Å². The van der Waals surface area contributed by atoms with Crippen molar-refractivity contribution < 1.29 is 24.2 Å². The largest absolute Gasteiger partial charge is 0.456 e. The molecule has 1 aromatic carbocycles. The molecule has 160 valence electrons. The highest BCUT2D eigenvalue weighted by atomic mass is 16.6. The first kappa shape index (κ1) is 21.6. The van der Waals surface area contributed by atoms with Crippen molar-refractivity contribution >= 4 is 17.8 Å². The first-order valence-electron chi connectivity index (χ1n) is 9.48. The zero-order chi connectivity index (χ0) is 21.9. The zero-order valence-electron chi connectivity index (χ0n) is 16.9. The van der Waals surface area contributed by atoms with E-state index >= 15 is 0 Å². The number of carbonyl (C=O) groups is 2. The summed E-state index contributed by atoms with van der Waals surface area (Å²) < 4.78 is 12.3. The number of hydrogen-bond donors (Lipinski definition) is 2. The SMILES string of the molecule is CC(C)(C)C(=O)Nc1ncn([C@H]2C[C@H](OC(=O)c3ccccc3)[C@@H](CO)O2)c(=O)n1. The molecule has 1 saturated heterocycles. The predicted molar refractivity (Wildman–Crippen MR) is 106 cm³/mol. The number of amides is 1. The number of benzene rings is 1. The third-order valence-electron chi connectivity index (χ3n) is 4.57. The molecule has 2 aromatic rings. The van der Waals surface area contributed by atoms with Crippen molar-refractivity contribution in [3.63, 3.8) is 0 Å². The standard InChI is InChI=1S/C20H24N4O6/c1-20(2,3)17(27)22-18-21-11-24(19(28)23-18)15-9-13(14(10-25)29-15)30-16(26)12-7-5-4-6-8-12/h4-8,11,13-15,25H,9-10H2,1-3H3,(H,22,23,27,28)/t13-,14+,15+/m0/s1. The van der Waals surface area contributed by atoms with Crippen LogP contribution in [-0.2, 0) is 14.3 Å². The average molecular weight is 416 g/mol. The lowest BCUT2D eigenvalue weighted by Crippen LogP contribution is -2.32. The van der Waals surface area contributed by atoms with Crippen LogP contribution in [0.5, 0.6) is 0 Å². The molecule has 2 N–H and O–H groups in total. The second-order valence-corrected chi connectivity index (χ2v) is 7.93. The van der Waals surface area contributed by atoms with Crippen molar-refractivity contribution in [1.29, 1.82) is 0 Å². The third kappa shape index (κ3) is 4.89. The summed E-state index contributed by atoms with van der Waals surface area (Å²) in [6.07, 6.45) is -1.03. The van der Waals surface area contributed by atoms with E-state index < -0.39 is 42.1 Å². The van der Waals surface area contributed by atoms with E-state index in [1.165, 1.54) is 6.33 Å². The monoisotopic (exact) mass is 416 g/mol. The van der Waals surface area contributed by atoms with Crippen LogP contribution in [-0.4, -0.2) is 50.3 Å². The van der Waals surface area contributed by atoms with Gasteiger partial charge in [-0.2, -0.15) is 4.98 Å². The summed E-state index contributed by atoms with van der Waals surface area (Å²) in [6, 6.07) is 8.44. The van der Waals surface area contributed by atoms with E-state index in [0.717, 1.165) is 4.57 Å². The zero-order valence-corrected chi connectivity index (χ0v) is 16.9. The molecule has 0 unspecified atom stereocenters. The maximum atomic E-state index is 12.4. The van der Waals surface area contributed by atoms with Crippen molar-refractivity contribution in [2.45, 2.75) is 45.6 Å². The Kier molecular flexibility index (Phi) is 6.28. The molecule has 0 bridgehead atoms. The van der Waals surface area contributed by atoms with E-state index in [-0.39, 0.29) is 18.3 Å². The lowest BCUT2D eigenvalue weighted by Gasteiger charge is -2.17. The first-order chi connectivity index (χ1) is 14.2. The number of ether oxygens (including phenoxy) is 2. The lowest BCUT2D eigenvalue weighted by molar-refractivity contribution is -0.123. The average Bonchev–Trinajstić information content (AvgIpc) is 3.10. The molecular formula is C20H24N4O6. The number of anilines is 1. The van der Waals surface area contributed by atoms with E-state index in [9.17, 15) is 19.5 Å². The van der Waals surface area contributed by atoms with Gasteiger partial charge in [0.15, 0.2) is 0 Å². The maximum Gasteiger partial charge on any atom is 0.354 e. The quantitative estimate of drug-likeness (QED) is 0.693. The molecule has 1 aliphatic rings. The number of aliphatic hydroxyl groups is 1. The number of rotatable bonds is 5. The second-order valence-electron chi connectivity index (χ2n) is 7.93. The summed E-state index contributed by atoms with van der Waals surface area (Å²) in [6.45, 7) is 4.78. The molecule has 10 nitrogen and oxygen atoms in total. The molecule has 2 heterocycles. The van der Waals surface area contributed by atoms with E-state index in [0.29, 0.717) is 5.56 Å². The van der Waals surface area contributed by atoms with Gasteiger partial charge in [0.25, 0.3) is 0 Å². The number of nitrogens with one attached hydrogen (secondary N) is 1. The number of aromatic nitrogens is 3. The van der Waals surface area contributed by atoms with E-state index in [1.54, 1.807) is 51.1 Å². The molecule has 30 heavy (non-hydrogen) atoms. The third-order valence-corrected chi connectivity index (χ3v) is 4.57. The number of aliphatic hydroxyl groups excluding tert-OH is 1. The van der Waals surface area contributed by atoms with Gasteiger partial charge in [-0.1, -0.05) is 39.0 Å².